The normalized spacial score (nSPS) is 12.8. The van der Waals surface area contributed by atoms with Gasteiger partial charge in [-0.05, 0) is 24.3 Å². The van der Waals surface area contributed by atoms with E-state index in [0.29, 0.717) is 12.2 Å². The van der Waals surface area contributed by atoms with Crippen LogP contribution < -0.4 is 0 Å². The fourth-order valence-corrected chi connectivity index (χ4v) is 1.88. The Kier molecular flexibility index (Phi) is 4.16. The molecule has 1 heterocycles. The van der Waals surface area contributed by atoms with Crippen LogP contribution in [0.25, 0.3) is 0 Å². The van der Waals surface area contributed by atoms with Crippen LogP contribution >= 0.6 is 11.3 Å². The Labute approximate surface area is 83.8 Å². The Bertz CT molecular complexity index is 251. The summed E-state index contributed by atoms with van der Waals surface area (Å²) in [5.74, 6) is 0.635. The highest BCUT2D eigenvalue weighted by molar-refractivity contribution is 7.09. The molecule has 1 atom stereocenters. The van der Waals surface area contributed by atoms with Crippen molar-refractivity contribution in [3.63, 3.8) is 0 Å². The highest BCUT2D eigenvalue weighted by Gasteiger charge is 2.10. The van der Waals surface area contributed by atoms with Gasteiger partial charge >= 0.3 is 0 Å². The highest BCUT2D eigenvalue weighted by atomic mass is 32.1. The van der Waals surface area contributed by atoms with Crippen molar-refractivity contribution in [1.29, 1.82) is 0 Å². The van der Waals surface area contributed by atoms with Crippen LogP contribution in [0.1, 0.15) is 31.6 Å². The molecule has 0 saturated heterocycles. The summed E-state index contributed by atoms with van der Waals surface area (Å²) < 4.78 is 0. The molecule has 0 radical (unpaired) electrons. The van der Waals surface area contributed by atoms with Gasteiger partial charge in [0.15, 0.2) is 0 Å². The lowest BCUT2D eigenvalue weighted by Crippen LogP contribution is -2.10. The van der Waals surface area contributed by atoms with Crippen LogP contribution in [0.4, 0.5) is 0 Å². The molecule has 0 N–H and O–H groups in total. The number of aryl methyl sites for hydroxylation is 1. The second-order valence-electron chi connectivity index (χ2n) is 3.35. The van der Waals surface area contributed by atoms with Crippen LogP contribution in [0.2, 0.25) is 0 Å². The summed E-state index contributed by atoms with van der Waals surface area (Å²) in [6.07, 6.45) is 2.58. The standard InChI is InChI=1S/C11H16OS/c1-3-9(2)11(12)7-6-10-5-4-8-13-10/h4-5,8-9H,3,6-7H2,1-2H3. The van der Waals surface area contributed by atoms with E-state index in [0.717, 1.165) is 12.8 Å². The van der Waals surface area contributed by atoms with Crippen LogP contribution in [0.5, 0.6) is 0 Å². The monoisotopic (exact) mass is 196 g/mol. The van der Waals surface area contributed by atoms with Crippen LogP contribution in [0, 0.1) is 5.92 Å². The van der Waals surface area contributed by atoms with E-state index in [2.05, 4.69) is 18.4 Å². The Balaban J connectivity index is 2.31. The maximum absolute atomic E-state index is 11.5. The smallest absolute Gasteiger partial charge is 0.136 e. The van der Waals surface area contributed by atoms with E-state index in [1.54, 1.807) is 11.3 Å². The minimum Gasteiger partial charge on any atom is -0.299 e. The number of hydrogen-bond acceptors (Lipinski definition) is 2. The number of thiophene rings is 1. The predicted octanol–water partition coefficient (Wildman–Crippen LogP) is 3.30. The molecule has 0 amide bonds. The summed E-state index contributed by atoms with van der Waals surface area (Å²) in [5, 5.41) is 2.06. The molecular weight excluding hydrogens is 180 g/mol. The quantitative estimate of drug-likeness (QED) is 0.706. The topological polar surface area (TPSA) is 17.1 Å². The van der Waals surface area contributed by atoms with Gasteiger partial charge in [-0.2, -0.15) is 0 Å². The number of Topliss-reactive ketones (excluding diaryl/α,β-unsaturated/α-hetero) is 1. The van der Waals surface area contributed by atoms with Crippen molar-refractivity contribution < 1.29 is 4.79 Å². The lowest BCUT2D eigenvalue weighted by molar-refractivity contribution is -0.122. The number of rotatable bonds is 5. The molecular formula is C11H16OS. The van der Waals surface area contributed by atoms with E-state index in [-0.39, 0.29) is 5.92 Å². The van der Waals surface area contributed by atoms with E-state index in [1.165, 1.54) is 4.88 Å². The molecule has 0 aliphatic heterocycles. The number of carbonyl (C=O) groups is 1. The van der Waals surface area contributed by atoms with Gasteiger partial charge in [-0.1, -0.05) is 19.9 Å². The molecule has 0 spiro atoms. The van der Waals surface area contributed by atoms with Gasteiger partial charge in [-0.25, -0.2) is 0 Å². The van der Waals surface area contributed by atoms with Crippen molar-refractivity contribution in [1.82, 2.24) is 0 Å². The SMILES string of the molecule is CCC(C)C(=O)CCc1cccs1. The second-order valence-corrected chi connectivity index (χ2v) is 4.39. The van der Waals surface area contributed by atoms with Crippen molar-refractivity contribution in [2.75, 3.05) is 0 Å². The van der Waals surface area contributed by atoms with E-state index < -0.39 is 0 Å². The molecule has 72 valence electrons. The van der Waals surface area contributed by atoms with Gasteiger partial charge < -0.3 is 0 Å². The zero-order valence-corrected chi connectivity index (χ0v) is 9.06. The molecule has 1 aromatic heterocycles. The van der Waals surface area contributed by atoms with Crippen LogP contribution in [0.3, 0.4) is 0 Å². The van der Waals surface area contributed by atoms with Crippen LogP contribution in [-0.4, -0.2) is 5.78 Å². The van der Waals surface area contributed by atoms with E-state index >= 15 is 0 Å². The van der Waals surface area contributed by atoms with Gasteiger partial charge in [-0.15, -0.1) is 11.3 Å². The van der Waals surface area contributed by atoms with Crippen LogP contribution in [0.15, 0.2) is 17.5 Å². The zero-order valence-electron chi connectivity index (χ0n) is 8.25. The van der Waals surface area contributed by atoms with Crippen molar-refractivity contribution in [2.24, 2.45) is 5.92 Å². The second kappa shape index (κ2) is 5.18. The van der Waals surface area contributed by atoms with E-state index in [1.807, 2.05) is 13.0 Å². The molecule has 13 heavy (non-hydrogen) atoms. The first-order chi connectivity index (χ1) is 6.24. The third-order valence-electron chi connectivity index (χ3n) is 2.36. The molecule has 0 aliphatic carbocycles. The lowest BCUT2D eigenvalue weighted by Gasteiger charge is -2.05. The van der Waals surface area contributed by atoms with Gasteiger partial charge in [0.25, 0.3) is 0 Å². The Morgan fingerprint density at radius 2 is 2.38 bits per heavy atom. The molecule has 0 aromatic carbocycles. The van der Waals surface area contributed by atoms with Crippen molar-refractivity contribution >= 4 is 17.1 Å². The molecule has 0 aliphatic rings. The maximum atomic E-state index is 11.5. The largest absolute Gasteiger partial charge is 0.299 e. The minimum atomic E-state index is 0.236. The maximum Gasteiger partial charge on any atom is 0.136 e. The predicted molar refractivity (Wildman–Crippen MR) is 57.1 cm³/mol. The molecule has 2 heteroatoms. The Morgan fingerprint density at radius 1 is 1.62 bits per heavy atom. The van der Waals surface area contributed by atoms with Crippen molar-refractivity contribution in [3.05, 3.63) is 22.4 Å². The van der Waals surface area contributed by atoms with Crippen LogP contribution in [-0.2, 0) is 11.2 Å². The van der Waals surface area contributed by atoms with Gasteiger partial charge in [0.05, 0.1) is 0 Å². The molecule has 1 unspecified atom stereocenters. The van der Waals surface area contributed by atoms with E-state index in [9.17, 15) is 4.79 Å². The highest BCUT2D eigenvalue weighted by Crippen LogP contribution is 2.13. The number of carbonyl (C=O) groups excluding carboxylic acids is 1. The molecule has 0 bridgehead atoms. The minimum absolute atomic E-state index is 0.236. The summed E-state index contributed by atoms with van der Waals surface area (Å²) >= 11 is 1.73. The molecule has 1 rings (SSSR count). The molecule has 1 nitrogen and oxygen atoms in total. The number of hydrogen-bond donors (Lipinski definition) is 0. The summed E-state index contributed by atoms with van der Waals surface area (Å²) in [6, 6.07) is 4.13. The van der Waals surface area contributed by atoms with Gasteiger partial charge in [0, 0.05) is 17.2 Å². The Hall–Kier alpha value is -0.630. The van der Waals surface area contributed by atoms with Gasteiger partial charge in [0.1, 0.15) is 5.78 Å². The average Bonchev–Trinajstić information content (AvgIpc) is 2.65. The van der Waals surface area contributed by atoms with Gasteiger partial charge in [0.2, 0.25) is 0 Å². The zero-order chi connectivity index (χ0) is 9.68. The fourth-order valence-electron chi connectivity index (χ4n) is 1.18. The average molecular weight is 196 g/mol. The lowest BCUT2D eigenvalue weighted by atomic mass is 10.00. The summed E-state index contributed by atoms with van der Waals surface area (Å²) in [7, 11) is 0. The fraction of sp³-hybridized carbons (Fsp3) is 0.545. The summed E-state index contributed by atoms with van der Waals surface area (Å²) in [4.78, 5) is 12.8. The third-order valence-corrected chi connectivity index (χ3v) is 3.30. The Morgan fingerprint density at radius 3 is 2.92 bits per heavy atom. The first-order valence-electron chi connectivity index (χ1n) is 4.79. The molecule has 1 aromatic rings. The van der Waals surface area contributed by atoms with Gasteiger partial charge in [-0.3, -0.25) is 4.79 Å². The van der Waals surface area contributed by atoms with Crippen molar-refractivity contribution in [3.8, 4) is 0 Å². The first-order valence-corrected chi connectivity index (χ1v) is 5.67. The first kappa shape index (κ1) is 10.5. The molecule has 0 saturated carbocycles. The van der Waals surface area contributed by atoms with E-state index in [4.69, 9.17) is 0 Å². The van der Waals surface area contributed by atoms with Crippen molar-refractivity contribution in [2.45, 2.75) is 33.1 Å². The summed E-state index contributed by atoms with van der Waals surface area (Å²) in [6.45, 7) is 4.07. The third kappa shape index (κ3) is 3.31. The number of ketones is 1. The summed E-state index contributed by atoms with van der Waals surface area (Å²) in [5.41, 5.74) is 0. The molecule has 0 fully saturated rings.